The monoisotopic (exact) mass is 418 g/mol. The van der Waals surface area contributed by atoms with Crippen LogP contribution in [0.15, 0.2) is 64.4 Å². The first-order chi connectivity index (χ1) is 12.7. The maximum Gasteiger partial charge on any atom is 0.446 e. The van der Waals surface area contributed by atoms with Crippen molar-refractivity contribution in [1.29, 1.82) is 0 Å². The van der Waals surface area contributed by atoms with Crippen molar-refractivity contribution in [2.24, 2.45) is 0 Å². The van der Waals surface area contributed by atoms with E-state index < -0.39 is 15.5 Å². The third kappa shape index (κ3) is 7.61. The van der Waals surface area contributed by atoms with E-state index in [4.69, 9.17) is 0 Å². The Hall–Kier alpha value is -2.04. The molecule has 2 aromatic rings. The van der Waals surface area contributed by atoms with Crippen LogP contribution in [0.5, 0.6) is 0 Å². The molecule has 0 aromatic heterocycles. The average molecular weight is 418 g/mol. The van der Waals surface area contributed by atoms with Crippen LogP contribution >= 0.6 is 11.8 Å². The van der Waals surface area contributed by atoms with E-state index in [-0.39, 0.29) is 47.0 Å². The average Bonchev–Trinajstić information content (AvgIpc) is 2.59. The Labute approximate surface area is 159 Å². The zero-order valence-corrected chi connectivity index (χ0v) is 15.6. The van der Waals surface area contributed by atoms with Gasteiger partial charge >= 0.3 is 5.51 Å². The molecular weight excluding hydrogens is 401 g/mol. The SMILES string of the molecule is O=C(Cc1ccccc1)NCCNS(=O)(=O)c1ccc(SC(F)(F)F)cc1. The van der Waals surface area contributed by atoms with Gasteiger partial charge in [0, 0.05) is 18.0 Å². The highest BCUT2D eigenvalue weighted by molar-refractivity contribution is 8.00. The number of alkyl halides is 3. The van der Waals surface area contributed by atoms with Gasteiger partial charge in [0.25, 0.3) is 0 Å². The maximum absolute atomic E-state index is 12.3. The molecule has 0 aliphatic rings. The Kier molecular flexibility index (Phi) is 7.28. The molecule has 0 aliphatic carbocycles. The highest BCUT2D eigenvalue weighted by Gasteiger charge is 2.29. The molecule has 5 nitrogen and oxygen atoms in total. The first-order valence-electron chi connectivity index (χ1n) is 7.82. The Morgan fingerprint density at radius 2 is 1.59 bits per heavy atom. The van der Waals surface area contributed by atoms with Crippen LogP contribution < -0.4 is 10.0 Å². The van der Waals surface area contributed by atoms with E-state index in [9.17, 15) is 26.4 Å². The second-order valence-electron chi connectivity index (χ2n) is 5.43. The van der Waals surface area contributed by atoms with E-state index in [1.54, 1.807) is 0 Å². The van der Waals surface area contributed by atoms with E-state index in [2.05, 4.69) is 10.0 Å². The van der Waals surface area contributed by atoms with Crippen molar-refractivity contribution in [3.8, 4) is 0 Å². The molecule has 2 rings (SSSR count). The fourth-order valence-corrected chi connectivity index (χ4v) is 3.71. The summed E-state index contributed by atoms with van der Waals surface area (Å²) in [6, 6.07) is 13.5. The van der Waals surface area contributed by atoms with Crippen LogP contribution in [0, 0.1) is 0 Å². The van der Waals surface area contributed by atoms with Crippen molar-refractivity contribution >= 4 is 27.7 Å². The summed E-state index contributed by atoms with van der Waals surface area (Å²) in [6.07, 6.45) is 0.186. The molecule has 0 saturated heterocycles. The van der Waals surface area contributed by atoms with Crippen molar-refractivity contribution < 1.29 is 26.4 Å². The molecule has 10 heteroatoms. The van der Waals surface area contributed by atoms with Gasteiger partial charge in [-0.2, -0.15) is 13.2 Å². The third-order valence-electron chi connectivity index (χ3n) is 3.31. The summed E-state index contributed by atoms with van der Waals surface area (Å²) in [6.45, 7) is 0.0504. The molecule has 0 aliphatic heterocycles. The first kappa shape index (κ1) is 21.3. The Morgan fingerprint density at radius 1 is 0.963 bits per heavy atom. The molecule has 0 atom stereocenters. The van der Waals surface area contributed by atoms with Crippen LogP contribution in [-0.4, -0.2) is 32.9 Å². The van der Waals surface area contributed by atoms with Gasteiger partial charge in [0.15, 0.2) is 0 Å². The number of rotatable bonds is 8. The first-order valence-corrected chi connectivity index (χ1v) is 10.1. The number of sulfonamides is 1. The van der Waals surface area contributed by atoms with Crippen LogP contribution in [0.25, 0.3) is 0 Å². The summed E-state index contributed by atoms with van der Waals surface area (Å²) in [7, 11) is -3.87. The van der Waals surface area contributed by atoms with Gasteiger partial charge in [-0.05, 0) is 41.6 Å². The van der Waals surface area contributed by atoms with Crippen molar-refractivity contribution in [3.05, 3.63) is 60.2 Å². The molecule has 0 spiro atoms. The van der Waals surface area contributed by atoms with Crippen LogP contribution in [-0.2, 0) is 21.2 Å². The number of hydrogen-bond acceptors (Lipinski definition) is 4. The quantitative estimate of drug-likeness (QED) is 0.511. The Balaban J connectivity index is 1.80. The molecule has 0 fully saturated rings. The molecule has 0 bridgehead atoms. The molecule has 2 N–H and O–H groups in total. The van der Waals surface area contributed by atoms with E-state index >= 15 is 0 Å². The number of amides is 1. The summed E-state index contributed by atoms with van der Waals surface area (Å²) < 4.78 is 63.4. The third-order valence-corrected chi connectivity index (χ3v) is 5.53. The standard InChI is InChI=1S/C17H17F3N2O3S2/c18-17(19,20)26-14-6-8-15(9-7-14)27(24,25)22-11-10-21-16(23)12-13-4-2-1-3-5-13/h1-9,22H,10-12H2,(H,21,23). The second kappa shape index (κ2) is 9.25. The molecule has 0 unspecified atom stereocenters. The number of benzene rings is 2. The van der Waals surface area contributed by atoms with Crippen LogP contribution in [0.3, 0.4) is 0 Å². The minimum atomic E-state index is -4.43. The number of carbonyl (C=O) groups excluding carboxylic acids is 1. The number of carbonyl (C=O) groups is 1. The topological polar surface area (TPSA) is 75.3 Å². The summed E-state index contributed by atoms with van der Waals surface area (Å²) in [5.74, 6) is -0.242. The van der Waals surface area contributed by atoms with Gasteiger partial charge < -0.3 is 5.32 Å². The summed E-state index contributed by atoms with van der Waals surface area (Å²) in [4.78, 5) is 11.5. The lowest BCUT2D eigenvalue weighted by Gasteiger charge is -2.09. The van der Waals surface area contributed by atoms with Gasteiger partial charge in [-0.1, -0.05) is 30.3 Å². The van der Waals surface area contributed by atoms with Crippen molar-refractivity contribution in [2.45, 2.75) is 21.7 Å². The van der Waals surface area contributed by atoms with Crippen molar-refractivity contribution in [1.82, 2.24) is 10.0 Å². The van der Waals surface area contributed by atoms with Crippen molar-refractivity contribution in [2.75, 3.05) is 13.1 Å². The van der Waals surface area contributed by atoms with Gasteiger partial charge in [-0.3, -0.25) is 4.79 Å². The predicted molar refractivity (Wildman–Crippen MR) is 96.7 cm³/mol. The number of halogens is 3. The Morgan fingerprint density at radius 3 is 2.19 bits per heavy atom. The van der Waals surface area contributed by atoms with Gasteiger partial charge in [-0.15, -0.1) is 0 Å². The molecule has 1 amide bonds. The molecule has 0 radical (unpaired) electrons. The highest BCUT2D eigenvalue weighted by Crippen LogP contribution is 2.36. The van der Waals surface area contributed by atoms with Gasteiger partial charge in [0.2, 0.25) is 15.9 Å². The number of thioether (sulfide) groups is 1. The van der Waals surface area contributed by atoms with E-state index in [1.807, 2.05) is 30.3 Å². The lowest BCUT2D eigenvalue weighted by molar-refractivity contribution is -0.120. The lowest BCUT2D eigenvalue weighted by atomic mass is 10.1. The molecule has 0 heterocycles. The fourth-order valence-electron chi connectivity index (χ4n) is 2.13. The van der Waals surface area contributed by atoms with E-state index in [1.165, 1.54) is 0 Å². The zero-order valence-electron chi connectivity index (χ0n) is 14.0. The van der Waals surface area contributed by atoms with Gasteiger partial charge in [0.05, 0.1) is 11.3 Å². The molecule has 146 valence electrons. The summed E-state index contributed by atoms with van der Waals surface area (Å²) >= 11 is -0.317. The smallest absolute Gasteiger partial charge is 0.355 e. The van der Waals surface area contributed by atoms with Crippen molar-refractivity contribution in [3.63, 3.8) is 0 Å². The zero-order chi connectivity index (χ0) is 19.9. The van der Waals surface area contributed by atoms with E-state index in [0.717, 1.165) is 29.8 Å². The molecule has 2 aromatic carbocycles. The highest BCUT2D eigenvalue weighted by atomic mass is 32.2. The minimum Gasteiger partial charge on any atom is -0.355 e. The van der Waals surface area contributed by atoms with Crippen LogP contribution in [0.2, 0.25) is 0 Å². The van der Waals surface area contributed by atoms with Crippen LogP contribution in [0.1, 0.15) is 5.56 Å². The predicted octanol–water partition coefficient (Wildman–Crippen LogP) is 2.94. The normalized spacial score (nSPS) is 12.0. The maximum atomic E-state index is 12.3. The Bertz CT molecular complexity index is 855. The fraction of sp³-hybridized carbons (Fsp3) is 0.235. The van der Waals surface area contributed by atoms with Gasteiger partial charge in [0.1, 0.15) is 0 Å². The lowest BCUT2D eigenvalue weighted by Crippen LogP contribution is -2.35. The molecule has 27 heavy (non-hydrogen) atoms. The summed E-state index contributed by atoms with van der Waals surface area (Å²) in [5.41, 5.74) is -3.59. The number of hydrogen-bond donors (Lipinski definition) is 2. The minimum absolute atomic E-state index is 0.0398. The summed E-state index contributed by atoms with van der Waals surface area (Å²) in [5, 5.41) is 2.60. The molecular formula is C17H17F3N2O3S2. The van der Waals surface area contributed by atoms with Gasteiger partial charge in [-0.25, -0.2) is 13.1 Å². The largest absolute Gasteiger partial charge is 0.446 e. The molecule has 0 saturated carbocycles. The second-order valence-corrected chi connectivity index (χ2v) is 8.33. The van der Waals surface area contributed by atoms with E-state index in [0.29, 0.717) is 0 Å². The number of nitrogens with one attached hydrogen (secondary N) is 2. The van der Waals surface area contributed by atoms with Crippen LogP contribution in [0.4, 0.5) is 13.2 Å².